The lowest BCUT2D eigenvalue weighted by Crippen LogP contribution is -2.34. The number of rotatable bonds is 6. The van der Waals surface area contributed by atoms with Crippen molar-refractivity contribution in [3.8, 4) is 0 Å². The Kier molecular flexibility index (Phi) is 5.82. The van der Waals surface area contributed by atoms with E-state index >= 15 is 0 Å². The van der Waals surface area contributed by atoms with Gasteiger partial charge in [-0.1, -0.05) is 33.8 Å². The van der Waals surface area contributed by atoms with Gasteiger partial charge in [0, 0.05) is 12.6 Å². The average Bonchev–Trinajstić information content (AvgIpc) is 2.34. The van der Waals surface area contributed by atoms with Gasteiger partial charge in [0.15, 0.2) is 0 Å². The predicted octanol–water partition coefficient (Wildman–Crippen LogP) is 4.88. The molecule has 0 aliphatic heterocycles. The minimum Gasteiger partial charge on any atom is -0.314 e. The Morgan fingerprint density at radius 3 is 1.95 bits per heavy atom. The third kappa shape index (κ3) is 4.63. The summed E-state index contributed by atoms with van der Waals surface area (Å²) in [5, 5.41) is 3.57. The number of hydrogen-bond donors (Lipinski definition) is 1. The zero-order valence-corrected chi connectivity index (χ0v) is 14.8. The van der Waals surface area contributed by atoms with Crippen molar-refractivity contribution < 1.29 is 0 Å². The Morgan fingerprint density at radius 1 is 1.00 bits per heavy atom. The monoisotopic (exact) mass is 275 g/mol. The van der Waals surface area contributed by atoms with Crippen LogP contribution in [0.3, 0.4) is 0 Å². The van der Waals surface area contributed by atoms with Crippen LogP contribution in [-0.2, 0) is 6.42 Å². The molecule has 0 aromatic heterocycles. The molecule has 0 amide bonds. The molecule has 1 rings (SSSR count). The molecule has 1 aromatic rings. The van der Waals surface area contributed by atoms with Crippen LogP contribution < -0.4 is 5.32 Å². The second-order valence-electron chi connectivity index (χ2n) is 7.44. The lowest BCUT2D eigenvalue weighted by atomic mass is 9.83. The van der Waals surface area contributed by atoms with E-state index in [0.717, 1.165) is 6.54 Å². The van der Waals surface area contributed by atoms with Crippen LogP contribution in [0.5, 0.6) is 0 Å². The van der Waals surface area contributed by atoms with Crippen molar-refractivity contribution in [1.29, 1.82) is 0 Å². The van der Waals surface area contributed by atoms with Crippen LogP contribution >= 0.6 is 0 Å². The summed E-state index contributed by atoms with van der Waals surface area (Å²) in [6.45, 7) is 19.3. The molecular weight excluding hydrogens is 242 g/mol. The second kappa shape index (κ2) is 6.76. The Balaban J connectivity index is 2.79. The summed E-state index contributed by atoms with van der Waals surface area (Å²) in [6, 6.07) is 2.89. The van der Waals surface area contributed by atoms with Gasteiger partial charge in [0.1, 0.15) is 0 Å². The van der Waals surface area contributed by atoms with Crippen LogP contribution in [0.2, 0.25) is 0 Å². The molecule has 1 N–H and O–H groups in total. The first-order chi connectivity index (χ1) is 9.14. The van der Waals surface area contributed by atoms with Gasteiger partial charge in [0.2, 0.25) is 0 Å². The molecule has 0 fully saturated rings. The van der Waals surface area contributed by atoms with Gasteiger partial charge in [0.05, 0.1) is 0 Å². The molecule has 0 saturated heterocycles. The molecule has 20 heavy (non-hydrogen) atoms. The minimum atomic E-state index is 0.348. The van der Waals surface area contributed by atoms with Crippen molar-refractivity contribution in [2.45, 2.75) is 74.3 Å². The maximum atomic E-state index is 3.57. The van der Waals surface area contributed by atoms with Crippen LogP contribution in [0.25, 0.3) is 0 Å². The van der Waals surface area contributed by atoms with Gasteiger partial charge < -0.3 is 5.32 Å². The summed E-state index contributed by atoms with van der Waals surface area (Å²) in [7, 11) is 0. The van der Waals surface area contributed by atoms with Crippen LogP contribution in [0.15, 0.2) is 6.07 Å². The van der Waals surface area contributed by atoms with Crippen molar-refractivity contribution in [3.05, 3.63) is 33.9 Å². The van der Waals surface area contributed by atoms with Crippen LogP contribution in [0.1, 0.15) is 61.9 Å². The topological polar surface area (TPSA) is 12.0 Å². The molecule has 1 nitrogen and oxygen atoms in total. The van der Waals surface area contributed by atoms with Crippen molar-refractivity contribution in [1.82, 2.24) is 5.32 Å². The normalized spacial score (nSPS) is 12.2. The summed E-state index contributed by atoms with van der Waals surface area (Å²) in [6.07, 6.45) is 2.42. The molecule has 0 heterocycles. The van der Waals surface area contributed by atoms with E-state index in [-0.39, 0.29) is 0 Å². The van der Waals surface area contributed by atoms with Gasteiger partial charge in [-0.3, -0.25) is 0 Å². The summed E-state index contributed by atoms with van der Waals surface area (Å²) >= 11 is 0. The highest BCUT2D eigenvalue weighted by molar-refractivity contribution is 5.44. The number of nitrogens with one attached hydrogen (secondary N) is 1. The van der Waals surface area contributed by atoms with Gasteiger partial charge in [0.25, 0.3) is 0 Å². The van der Waals surface area contributed by atoms with Crippen molar-refractivity contribution in [3.63, 3.8) is 0 Å². The lowest BCUT2D eigenvalue weighted by molar-refractivity contribution is 0.304. The molecule has 0 spiro atoms. The van der Waals surface area contributed by atoms with Crippen LogP contribution in [0, 0.1) is 33.1 Å². The van der Waals surface area contributed by atoms with Crippen molar-refractivity contribution in [2.24, 2.45) is 5.41 Å². The largest absolute Gasteiger partial charge is 0.314 e. The molecule has 1 aromatic carbocycles. The Morgan fingerprint density at radius 2 is 1.50 bits per heavy atom. The van der Waals surface area contributed by atoms with E-state index in [2.05, 4.69) is 66.8 Å². The van der Waals surface area contributed by atoms with E-state index < -0.39 is 0 Å². The summed E-state index contributed by atoms with van der Waals surface area (Å²) in [5.41, 5.74) is 7.75. The van der Waals surface area contributed by atoms with E-state index in [4.69, 9.17) is 0 Å². The molecule has 0 radical (unpaired) electrons. The molecule has 0 unspecified atom stereocenters. The number of benzene rings is 1. The number of hydrogen-bond acceptors (Lipinski definition) is 1. The first-order valence-corrected chi connectivity index (χ1v) is 7.93. The van der Waals surface area contributed by atoms with Crippen LogP contribution in [-0.4, -0.2) is 12.6 Å². The van der Waals surface area contributed by atoms with E-state index in [1.54, 1.807) is 5.56 Å². The molecule has 0 aliphatic rings. The average molecular weight is 275 g/mol. The van der Waals surface area contributed by atoms with Gasteiger partial charge in [-0.2, -0.15) is 0 Å². The van der Waals surface area contributed by atoms with Gasteiger partial charge in [-0.05, 0) is 73.8 Å². The van der Waals surface area contributed by atoms with E-state index in [1.807, 2.05) is 0 Å². The number of aryl methyl sites for hydroxylation is 2. The maximum absolute atomic E-state index is 3.57. The Bertz CT molecular complexity index is 429. The zero-order valence-electron chi connectivity index (χ0n) is 14.8. The molecule has 0 aliphatic carbocycles. The zero-order chi connectivity index (χ0) is 15.5. The summed E-state index contributed by atoms with van der Waals surface area (Å²) in [5.74, 6) is 0. The molecule has 0 atom stereocenters. The van der Waals surface area contributed by atoms with Crippen LogP contribution in [0.4, 0.5) is 0 Å². The first kappa shape index (κ1) is 17.2. The third-order valence-electron chi connectivity index (χ3n) is 4.56. The molecule has 0 saturated carbocycles. The quantitative estimate of drug-likeness (QED) is 0.780. The van der Waals surface area contributed by atoms with E-state index in [9.17, 15) is 0 Å². The van der Waals surface area contributed by atoms with Gasteiger partial charge in [-0.25, -0.2) is 0 Å². The fraction of sp³-hybridized carbons (Fsp3) is 0.684. The van der Waals surface area contributed by atoms with Crippen molar-refractivity contribution in [2.75, 3.05) is 6.54 Å². The summed E-state index contributed by atoms with van der Waals surface area (Å²) in [4.78, 5) is 0. The fourth-order valence-electron chi connectivity index (χ4n) is 2.71. The standard InChI is InChI=1S/C19H33N/c1-13(2)20-12-19(7,8)10-9-18-16(5)14(3)11-15(4)17(18)6/h11,13,20H,9-10,12H2,1-8H3. The van der Waals surface area contributed by atoms with Gasteiger partial charge in [-0.15, -0.1) is 0 Å². The Hall–Kier alpha value is -0.820. The molecular formula is C19H33N. The first-order valence-electron chi connectivity index (χ1n) is 7.93. The minimum absolute atomic E-state index is 0.348. The fourth-order valence-corrected chi connectivity index (χ4v) is 2.71. The molecule has 1 heteroatoms. The highest BCUT2D eigenvalue weighted by Crippen LogP contribution is 2.27. The highest BCUT2D eigenvalue weighted by Gasteiger charge is 2.19. The van der Waals surface area contributed by atoms with Gasteiger partial charge >= 0.3 is 0 Å². The third-order valence-corrected chi connectivity index (χ3v) is 4.56. The second-order valence-corrected chi connectivity index (χ2v) is 7.44. The predicted molar refractivity (Wildman–Crippen MR) is 90.6 cm³/mol. The van der Waals surface area contributed by atoms with E-state index in [0.29, 0.717) is 11.5 Å². The van der Waals surface area contributed by atoms with Crippen molar-refractivity contribution >= 4 is 0 Å². The maximum Gasteiger partial charge on any atom is 0.00106 e. The highest BCUT2D eigenvalue weighted by atomic mass is 14.9. The smallest absolute Gasteiger partial charge is 0.00106 e. The molecule has 114 valence electrons. The lowest BCUT2D eigenvalue weighted by Gasteiger charge is -2.27. The Labute approximate surface area is 126 Å². The van der Waals surface area contributed by atoms with E-state index in [1.165, 1.54) is 35.1 Å². The summed E-state index contributed by atoms with van der Waals surface area (Å²) < 4.78 is 0. The molecule has 0 bridgehead atoms. The SMILES string of the molecule is Cc1cc(C)c(C)c(CCC(C)(C)CNC(C)C)c1C.